The van der Waals surface area contributed by atoms with Gasteiger partial charge in [0.15, 0.2) is 0 Å². The first kappa shape index (κ1) is 36.0. The van der Waals surface area contributed by atoms with Crippen LogP contribution < -0.4 is 24.8 Å². The van der Waals surface area contributed by atoms with Gasteiger partial charge in [0.2, 0.25) is 0 Å². The van der Waals surface area contributed by atoms with Crippen LogP contribution in [0.15, 0.2) is 36.5 Å². The van der Waals surface area contributed by atoms with Gasteiger partial charge in [0, 0.05) is 25.8 Å². The molecule has 4 heteroatoms. The fourth-order valence-electron chi connectivity index (χ4n) is 0.680. The zero-order chi connectivity index (χ0) is 7.07. The van der Waals surface area contributed by atoms with Crippen LogP contribution in [0.3, 0.4) is 0 Å². The van der Waals surface area contributed by atoms with Crippen molar-refractivity contribution in [3.63, 3.8) is 0 Å². The molecule has 0 spiro atoms. The van der Waals surface area contributed by atoms with Crippen molar-refractivity contribution in [2.24, 2.45) is 0 Å². The van der Waals surface area contributed by atoms with Gasteiger partial charge in [0.05, 0.1) is 0 Å². The molecule has 1 radical (unpaired) electrons. The van der Waals surface area contributed by atoms with E-state index < -0.39 is 0 Å². The van der Waals surface area contributed by atoms with Crippen LogP contribution in [0.2, 0.25) is 0 Å². The number of hydrogen-bond acceptors (Lipinski definition) is 0. The van der Waals surface area contributed by atoms with Crippen LogP contribution in [0, 0.1) is 27.0 Å². The van der Waals surface area contributed by atoms with E-state index in [4.69, 9.17) is 0 Å². The number of hydrogen-bond donors (Lipinski definition) is 0. The third-order valence-corrected chi connectivity index (χ3v) is 1.17. The van der Waals surface area contributed by atoms with Gasteiger partial charge in [-0.05, 0) is 11.0 Å². The average molecular weight is 441 g/mol. The maximum atomic E-state index is 2.99. The van der Waals surface area contributed by atoms with Crippen molar-refractivity contribution in [2.45, 2.75) is 12.8 Å². The predicted octanol–water partition coefficient (Wildman–Crippen LogP) is -3.67. The number of allylic oxidation sites excluding steroid dienone is 8. The van der Waals surface area contributed by atoms with E-state index in [0.717, 1.165) is 12.8 Å². The summed E-state index contributed by atoms with van der Waals surface area (Å²) in [5, 5.41) is 0. The molecule has 0 bridgehead atoms. The van der Waals surface area contributed by atoms with E-state index in [1.54, 1.807) is 0 Å². The van der Waals surface area contributed by atoms with E-state index in [2.05, 4.69) is 24.3 Å². The third-order valence-electron chi connectivity index (χ3n) is 1.17. The van der Waals surface area contributed by atoms with Crippen LogP contribution >= 0.6 is 0 Å². The smallest absolute Gasteiger partial charge is 0 e. The Labute approximate surface area is 137 Å². The fraction of sp³-hybridized carbons (Fsp3) is 0.167. The molecule has 0 atom stereocenters. The van der Waals surface area contributed by atoms with Gasteiger partial charge in [-0.25, -0.2) is 24.3 Å². The summed E-state index contributed by atoms with van der Waals surface area (Å²) in [5.74, 6) is 0. The topological polar surface area (TPSA) is 0 Å². The molecule has 0 aromatic rings. The monoisotopic (exact) mass is 441 g/mol. The molecule has 0 saturated heterocycles. The molecule has 0 saturated carbocycles. The van der Waals surface area contributed by atoms with Crippen molar-refractivity contribution >= 4 is 11.0 Å². The van der Waals surface area contributed by atoms with Gasteiger partial charge in [-0.15, -0.1) is 12.8 Å². The summed E-state index contributed by atoms with van der Waals surface area (Å²) < 4.78 is 0. The zero-order valence-corrected chi connectivity index (χ0v) is 17.2. The predicted molar refractivity (Wildman–Crippen MR) is 65.9 cm³/mol. The van der Waals surface area contributed by atoms with Crippen LogP contribution in [-0.2, 0) is 25.8 Å². The Kier molecular flexibility index (Phi) is 66.5. The van der Waals surface area contributed by atoms with Crippen LogP contribution in [0.25, 0.3) is 0 Å². The minimum absolute atomic E-state index is 0. The van der Waals surface area contributed by atoms with Crippen molar-refractivity contribution in [3.05, 3.63) is 63.5 Å². The largest absolute Gasteiger partial charge is 1.00 e. The molecule has 16 heavy (non-hydrogen) atoms. The summed E-state index contributed by atoms with van der Waals surface area (Å²) in [5.41, 5.74) is 0. The van der Waals surface area contributed by atoms with Crippen molar-refractivity contribution in [1.29, 1.82) is 0 Å². The molecule has 0 unspecified atom stereocenters. The molecular formula is C12H19Cl2HfSi-6. The van der Waals surface area contributed by atoms with Gasteiger partial charge >= 0.3 is 0 Å². The van der Waals surface area contributed by atoms with Crippen LogP contribution in [-0.4, -0.2) is 11.0 Å². The molecule has 0 aromatic carbocycles. The maximum Gasteiger partial charge on any atom is 0 e. The molecule has 2 rings (SSSR count). The molecule has 0 N–H and O–H groups in total. The average Bonchev–Trinajstić information content (AvgIpc) is 2.67. The molecule has 0 fully saturated rings. The third kappa shape index (κ3) is 24.1. The quantitative estimate of drug-likeness (QED) is 0.269. The van der Waals surface area contributed by atoms with Gasteiger partial charge in [0.1, 0.15) is 0 Å². The van der Waals surface area contributed by atoms with Crippen LogP contribution in [0.1, 0.15) is 12.8 Å². The minimum Gasteiger partial charge on any atom is -1.00 e. The van der Waals surface area contributed by atoms with Gasteiger partial charge in [-0.3, -0.25) is 12.2 Å². The summed E-state index contributed by atoms with van der Waals surface area (Å²) in [6, 6.07) is 0. The summed E-state index contributed by atoms with van der Waals surface area (Å²) in [7, 11) is 0. The van der Waals surface area contributed by atoms with E-state index in [0.29, 0.717) is 0 Å². The van der Waals surface area contributed by atoms with Crippen molar-refractivity contribution in [3.8, 4) is 0 Å². The normalized spacial score (nSPS) is 11.0. The Morgan fingerprint density at radius 3 is 1.12 bits per heavy atom. The SMILES string of the molecule is [C-]1=CC=CC1.[C-]1=CC=CC1.[CH3-].[CH3-].[Cl-].[Cl-].[Hf].[SiH3]. The molecule has 0 heterocycles. The first-order chi connectivity index (χ1) is 5.00. The Balaban J connectivity index is -0.0000000227. The molecule has 0 aliphatic heterocycles. The van der Waals surface area contributed by atoms with Crippen molar-refractivity contribution in [2.75, 3.05) is 0 Å². The summed E-state index contributed by atoms with van der Waals surface area (Å²) in [6.45, 7) is 0. The van der Waals surface area contributed by atoms with Crippen LogP contribution in [0.5, 0.6) is 0 Å². The number of rotatable bonds is 0. The van der Waals surface area contributed by atoms with Crippen molar-refractivity contribution < 1.29 is 50.7 Å². The van der Waals surface area contributed by atoms with Crippen LogP contribution in [0.4, 0.5) is 0 Å². The number of halogens is 2. The van der Waals surface area contributed by atoms with E-state index in [1.807, 2.05) is 24.3 Å². The first-order valence-electron chi connectivity index (χ1n) is 3.43. The molecule has 0 aromatic heterocycles. The molecule has 0 amide bonds. The fourth-order valence-corrected chi connectivity index (χ4v) is 0.680. The van der Waals surface area contributed by atoms with E-state index in [1.165, 1.54) is 0 Å². The van der Waals surface area contributed by atoms with E-state index in [-0.39, 0.29) is 76.5 Å². The summed E-state index contributed by atoms with van der Waals surface area (Å²) in [4.78, 5) is 0. The second kappa shape index (κ2) is 29.6. The van der Waals surface area contributed by atoms with Crippen molar-refractivity contribution in [1.82, 2.24) is 0 Å². The second-order valence-electron chi connectivity index (χ2n) is 2.01. The maximum absolute atomic E-state index is 2.99. The van der Waals surface area contributed by atoms with Gasteiger partial charge in [-0.2, -0.15) is 12.2 Å². The van der Waals surface area contributed by atoms with Gasteiger partial charge in [-0.1, -0.05) is 0 Å². The molecule has 95 valence electrons. The standard InChI is InChI=1S/2C5H5.2CH3.2ClH.Hf.H3Si/c2*1-2-4-5-3-1;;;;;;/h2*1-3H,4H2;2*1H3;2*1H;;1H3/q4*-1;;;;/p-2. The van der Waals surface area contributed by atoms with Gasteiger partial charge < -0.3 is 39.7 Å². The molecular weight excluding hydrogens is 422 g/mol. The Morgan fingerprint density at radius 2 is 1.06 bits per heavy atom. The van der Waals surface area contributed by atoms with E-state index in [9.17, 15) is 0 Å². The zero-order valence-electron chi connectivity index (χ0n) is 10.1. The Hall–Kier alpha value is 0.627. The Morgan fingerprint density at radius 1 is 0.750 bits per heavy atom. The molecule has 2 aliphatic rings. The Bertz CT molecular complexity index is 157. The molecule has 0 nitrogen and oxygen atoms in total. The summed E-state index contributed by atoms with van der Waals surface area (Å²) >= 11 is 0. The molecule has 2 aliphatic carbocycles. The van der Waals surface area contributed by atoms with Gasteiger partial charge in [0.25, 0.3) is 0 Å². The second-order valence-corrected chi connectivity index (χ2v) is 2.01. The first-order valence-corrected chi connectivity index (χ1v) is 3.43. The van der Waals surface area contributed by atoms with E-state index >= 15 is 0 Å². The summed E-state index contributed by atoms with van der Waals surface area (Å²) in [6.07, 6.45) is 20.0. The minimum atomic E-state index is 0.